The van der Waals surface area contributed by atoms with E-state index in [2.05, 4.69) is 10.6 Å². The van der Waals surface area contributed by atoms with E-state index in [9.17, 15) is 19.2 Å². The molecule has 1 aromatic carbocycles. The normalized spacial score (nSPS) is 13.4. The van der Waals surface area contributed by atoms with Crippen molar-refractivity contribution < 1.29 is 38.6 Å². The summed E-state index contributed by atoms with van der Waals surface area (Å²) in [7, 11) is 0. The smallest absolute Gasteiger partial charge is 0.407 e. The van der Waals surface area contributed by atoms with Crippen LogP contribution in [0.3, 0.4) is 0 Å². The predicted octanol–water partition coefficient (Wildman–Crippen LogP) is 0.284. The van der Waals surface area contributed by atoms with Crippen molar-refractivity contribution in [3.63, 3.8) is 0 Å². The Bertz CT molecular complexity index is 997. The number of aliphatic carboxylic acids is 1. The standard InChI is InChI=1S/C23H34N6O6.C2H4O2/c1-3-5-12-35-23(33)27-18(22(32)34-4-2)13-26-19(30)14-29-11-10-28(15-20(29)31)17-8-6-16(7-9-17)21(24)25;1-2(3)4/h6-9,18H,3-5,10-15H2,1-2H3,(H3,24,25)(H,26,30)(H,27,33);1H3,(H,3,4)/t18-;/m0./s1. The number of unbranched alkanes of at least 4 members (excludes halogenated alkanes) is 1. The molecule has 1 aliphatic rings. The van der Waals surface area contributed by atoms with Gasteiger partial charge in [0.1, 0.15) is 11.9 Å². The quantitative estimate of drug-likeness (QED) is 0.104. The van der Waals surface area contributed by atoms with Gasteiger partial charge in [0.15, 0.2) is 0 Å². The summed E-state index contributed by atoms with van der Waals surface area (Å²) in [5, 5.41) is 19.9. The third-order valence-corrected chi connectivity index (χ3v) is 5.29. The number of carboxylic acid groups (broad SMARTS) is 1. The first-order valence-electron chi connectivity index (χ1n) is 12.5. The molecule has 1 heterocycles. The second-order valence-corrected chi connectivity index (χ2v) is 8.46. The van der Waals surface area contributed by atoms with E-state index in [1.807, 2.05) is 11.8 Å². The maximum Gasteiger partial charge on any atom is 0.407 e. The van der Waals surface area contributed by atoms with Gasteiger partial charge in [-0.3, -0.25) is 19.8 Å². The van der Waals surface area contributed by atoms with Gasteiger partial charge in [-0.05, 0) is 37.6 Å². The van der Waals surface area contributed by atoms with Crippen LogP contribution in [-0.2, 0) is 28.7 Å². The van der Waals surface area contributed by atoms with Gasteiger partial charge in [-0.2, -0.15) is 0 Å². The number of hydrogen-bond acceptors (Lipinski definition) is 9. The number of benzene rings is 1. The van der Waals surface area contributed by atoms with Crippen LogP contribution < -0.4 is 21.3 Å². The van der Waals surface area contributed by atoms with E-state index in [-0.39, 0.29) is 44.6 Å². The van der Waals surface area contributed by atoms with Gasteiger partial charge in [-0.25, -0.2) is 9.59 Å². The number of hydrogen-bond donors (Lipinski definition) is 5. The van der Waals surface area contributed by atoms with Crippen molar-refractivity contribution in [2.45, 2.75) is 39.7 Å². The number of carbonyl (C=O) groups is 5. The van der Waals surface area contributed by atoms with Crippen molar-refractivity contribution in [2.75, 3.05) is 50.8 Å². The molecule has 0 bridgehead atoms. The van der Waals surface area contributed by atoms with Gasteiger partial charge in [-0.1, -0.05) is 13.3 Å². The first-order valence-corrected chi connectivity index (χ1v) is 12.5. The molecule has 39 heavy (non-hydrogen) atoms. The summed E-state index contributed by atoms with van der Waals surface area (Å²) in [5.74, 6) is -2.24. The van der Waals surface area contributed by atoms with Gasteiger partial charge >= 0.3 is 12.1 Å². The van der Waals surface area contributed by atoms with Gasteiger partial charge in [0.25, 0.3) is 5.97 Å². The summed E-state index contributed by atoms with van der Waals surface area (Å²) in [5.41, 5.74) is 6.89. The van der Waals surface area contributed by atoms with Crippen LogP contribution in [0.25, 0.3) is 0 Å². The van der Waals surface area contributed by atoms with E-state index < -0.39 is 30.0 Å². The Morgan fingerprint density at radius 3 is 2.31 bits per heavy atom. The molecular formula is C25H38N6O8. The monoisotopic (exact) mass is 550 g/mol. The summed E-state index contributed by atoms with van der Waals surface area (Å²) < 4.78 is 9.96. The van der Waals surface area contributed by atoms with E-state index in [1.54, 1.807) is 31.2 Å². The Morgan fingerprint density at radius 2 is 1.77 bits per heavy atom. The van der Waals surface area contributed by atoms with Crippen molar-refractivity contribution in [2.24, 2.45) is 5.73 Å². The molecule has 0 spiro atoms. The maximum absolute atomic E-state index is 12.6. The molecule has 1 aliphatic heterocycles. The fraction of sp³-hybridized carbons (Fsp3) is 0.520. The number of anilines is 1. The molecule has 14 nitrogen and oxygen atoms in total. The zero-order valence-electron chi connectivity index (χ0n) is 22.5. The summed E-state index contributed by atoms with van der Waals surface area (Å²) in [6, 6.07) is 5.91. The highest BCUT2D eigenvalue weighted by molar-refractivity contribution is 5.95. The fourth-order valence-corrected chi connectivity index (χ4v) is 3.32. The van der Waals surface area contributed by atoms with Crippen molar-refractivity contribution in [3.05, 3.63) is 29.8 Å². The SMILES string of the molecule is CC(=O)O.CCCCOC(=O)N[C@@H](CNC(=O)CN1CCN(c2ccc(C(=N)N)cc2)CC1=O)C(=O)OCC. The van der Waals surface area contributed by atoms with Crippen LogP contribution in [0, 0.1) is 5.41 Å². The van der Waals surface area contributed by atoms with Gasteiger partial charge in [-0.15, -0.1) is 0 Å². The lowest BCUT2D eigenvalue weighted by Crippen LogP contribution is -2.54. The number of nitrogens with two attached hydrogens (primary N) is 1. The van der Waals surface area contributed by atoms with E-state index in [4.69, 9.17) is 30.5 Å². The van der Waals surface area contributed by atoms with Gasteiger partial charge in [0.2, 0.25) is 11.8 Å². The van der Waals surface area contributed by atoms with Crippen LogP contribution in [0.15, 0.2) is 24.3 Å². The average molecular weight is 551 g/mol. The molecule has 14 heteroatoms. The number of alkyl carbamates (subject to hydrolysis) is 1. The molecule has 0 radical (unpaired) electrons. The number of rotatable bonds is 12. The third kappa shape index (κ3) is 12.6. The summed E-state index contributed by atoms with van der Waals surface area (Å²) >= 11 is 0. The van der Waals surface area contributed by atoms with Crippen molar-refractivity contribution in [3.8, 4) is 0 Å². The van der Waals surface area contributed by atoms with Crippen LogP contribution in [-0.4, -0.2) is 97.7 Å². The topological polar surface area (TPSA) is 204 Å². The number of carbonyl (C=O) groups excluding carboxylic acids is 4. The molecular weight excluding hydrogens is 512 g/mol. The minimum Gasteiger partial charge on any atom is -0.481 e. The molecule has 0 aliphatic carbocycles. The molecule has 0 aromatic heterocycles. The van der Waals surface area contributed by atoms with E-state index in [0.29, 0.717) is 25.1 Å². The second kappa shape index (κ2) is 17.2. The lowest BCUT2D eigenvalue weighted by Gasteiger charge is -2.35. The van der Waals surface area contributed by atoms with Gasteiger partial charge < -0.3 is 40.7 Å². The summed E-state index contributed by atoms with van der Waals surface area (Å²) in [6.07, 6.45) is 0.775. The minimum absolute atomic E-state index is 0.0303. The Morgan fingerprint density at radius 1 is 1.13 bits per heavy atom. The first kappa shape index (κ1) is 32.7. The van der Waals surface area contributed by atoms with Gasteiger partial charge in [0.05, 0.1) is 26.3 Å². The van der Waals surface area contributed by atoms with Gasteiger partial charge in [0, 0.05) is 37.8 Å². The molecule has 216 valence electrons. The third-order valence-electron chi connectivity index (χ3n) is 5.29. The molecule has 3 amide bonds. The molecule has 1 atom stereocenters. The number of amidine groups is 1. The number of carboxylic acids is 1. The molecule has 1 aromatic rings. The Kier molecular flexibility index (Phi) is 14.4. The number of nitrogens with zero attached hydrogens (tertiary/aromatic N) is 2. The number of esters is 1. The number of nitrogen functional groups attached to an aromatic ring is 1. The van der Waals surface area contributed by atoms with Crippen molar-refractivity contribution >= 4 is 41.4 Å². The second-order valence-electron chi connectivity index (χ2n) is 8.46. The lowest BCUT2D eigenvalue weighted by molar-refractivity contribution is -0.145. The molecule has 0 saturated carbocycles. The minimum atomic E-state index is -1.11. The maximum atomic E-state index is 12.6. The first-order chi connectivity index (χ1) is 18.5. The molecule has 1 saturated heterocycles. The fourth-order valence-electron chi connectivity index (χ4n) is 3.32. The van der Waals surface area contributed by atoms with Crippen LogP contribution >= 0.6 is 0 Å². The highest BCUT2D eigenvalue weighted by atomic mass is 16.6. The van der Waals surface area contributed by atoms with E-state index in [0.717, 1.165) is 19.0 Å². The lowest BCUT2D eigenvalue weighted by atomic mass is 10.1. The van der Waals surface area contributed by atoms with Crippen LogP contribution in [0.1, 0.15) is 39.2 Å². The van der Waals surface area contributed by atoms with Crippen LogP contribution in [0.5, 0.6) is 0 Å². The number of nitrogens with one attached hydrogen (secondary N) is 3. The molecule has 1 fully saturated rings. The summed E-state index contributed by atoms with van der Waals surface area (Å²) in [6.45, 7) is 5.60. The Labute approximate surface area is 227 Å². The van der Waals surface area contributed by atoms with Crippen molar-refractivity contribution in [1.82, 2.24) is 15.5 Å². The zero-order valence-corrected chi connectivity index (χ0v) is 22.5. The Hall–Kier alpha value is -4.36. The molecule has 6 N–H and O–H groups in total. The Balaban J connectivity index is 0.00000177. The predicted molar refractivity (Wildman–Crippen MR) is 142 cm³/mol. The molecule has 0 unspecified atom stereocenters. The molecule has 2 rings (SSSR count). The van der Waals surface area contributed by atoms with E-state index in [1.165, 1.54) is 4.90 Å². The van der Waals surface area contributed by atoms with Crippen LogP contribution in [0.2, 0.25) is 0 Å². The highest BCUT2D eigenvalue weighted by Gasteiger charge is 2.27. The average Bonchev–Trinajstić information content (AvgIpc) is 2.87. The summed E-state index contributed by atoms with van der Waals surface area (Å²) in [4.78, 5) is 61.4. The number of piperazine rings is 1. The van der Waals surface area contributed by atoms with Crippen LogP contribution in [0.4, 0.5) is 10.5 Å². The van der Waals surface area contributed by atoms with E-state index >= 15 is 0 Å². The largest absolute Gasteiger partial charge is 0.481 e. The zero-order chi connectivity index (χ0) is 29.4. The number of amides is 3. The van der Waals surface area contributed by atoms with Crippen molar-refractivity contribution in [1.29, 1.82) is 5.41 Å². The highest BCUT2D eigenvalue weighted by Crippen LogP contribution is 2.17. The number of ether oxygens (including phenoxy) is 2.